The predicted molar refractivity (Wildman–Crippen MR) is 69.6 cm³/mol. The molecule has 0 aliphatic carbocycles. The van der Waals surface area contributed by atoms with Gasteiger partial charge in [-0.05, 0) is 23.1 Å². The fraction of sp³-hybridized carbons (Fsp3) is 0.429. The second-order valence-corrected chi connectivity index (χ2v) is 5.07. The van der Waals surface area contributed by atoms with Gasteiger partial charge in [-0.1, -0.05) is 26.0 Å². The van der Waals surface area contributed by atoms with Crippen LogP contribution in [0.15, 0.2) is 18.2 Å². The van der Waals surface area contributed by atoms with Gasteiger partial charge in [-0.15, -0.1) is 0 Å². The van der Waals surface area contributed by atoms with Gasteiger partial charge in [0.25, 0.3) is 0 Å². The normalized spacial score (nSPS) is 16.9. The maximum absolute atomic E-state index is 11.3. The summed E-state index contributed by atoms with van der Waals surface area (Å²) < 4.78 is 0. The highest BCUT2D eigenvalue weighted by Gasteiger charge is 2.25. The summed E-state index contributed by atoms with van der Waals surface area (Å²) in [6.45, 7) is 3.98. The number of nitrogens with two attached hydrogens (primary N) is 1. The van der Waals surface area contributed by atoms with E-state index in [0.29, 0.717) is 6.42 Å². The number of benzene rings is 1. The molecule has 0 aromatic heterocycles. The van der Waals surface area contributed by atoms with Gasteiger partial charge in [0.2, 0.25) is 5.91 Å². The summed E-state index contributed by atoms with van der Waals surface area (Å²) in [5.74, 6) is 0.00235. The molecule has 0 fully saturated rings. The first kappa shape index (κ1) is 12.6. The average Bonchev–Trinajstić information content (AvgIpc) is 2.68. The molecule has 0 saturated carbocycles. The zero-order valence-corrected chi connectivity index (χ0v) is 10.6. The zero-order chi connectivity index (χ0) is 13.3. The molecule has 1 amide bonds. The van der Waals surface area contributed by atoms with Crippen LogP contribution in [0, 0.1) is 23.2 Å². The summed E-state index contributed by atoms with van der Waals surface area (Å²) in [5, 5.41) is 12.0. The third-order valence-corrected chi connectivity index (χ3v) is 3.39. The van der Waals surface area contributed by atoms with Gasteiger partial charge in [0, 0.05) is 11.7 Å². The van der Waals surface area contributed by atoms with Crippen molar-refractivity contribution >= 4 is 11.6 Å². The second-order valence-electron chi connectivity index (χ2n) is 5.07. The quantitative estimate of drug-likeness (QED) is 0.851. The smallest absolute Gasteiger partial charge is 0.228 e. The van der Waals surface area contributed by atoms with Crippen LogP contribution in [0.25, 0.3) is 0 Å². The molecule has 0 radical (unpaired) electrons. The number of nitriles is 1. The highest BCUT2D eigenvalue weighted by Crippen LogP contribution is 2.30. The third kappa shape index (κ3) is 2.22. The molecular formula is C14H17N3O. The Morgan fingerprint density at radius 2 is 2.17 bits per heavy atom. The van der Waals surface area contributed by atoms with Gasteiger partial charge < -0.3 is 11.1 Å². The monoisotopic (exact) mass is 243 g/mol. The van der Waals surface area contributed by atoms with Crippen LogP contribution in [-0.4, -0.2) is 5.91 Å². The number of amides is 1. The van der Waals surface area contributed by atoms with E-state index in [2.05, 4.69) is 11.4 Å². The van der Waals surface area contributed by atoms with E-state index < -0.39 is 0 Å². The molecule has 1 heterocycles. The van der Waals surface area contributed by atoms with E-state index in [-0.39, 0.29) is 23.8 Å². The number of nitrogens with one attached hydrogen (secondary N) is 1. The van der Waals surface area contributed by atoms with Gasteiger partial charge in [-0.25, -0.2) is 0 Å². The van der Waals surface area contributed by atoms with E-state index in [0.717, 1.165) is 16.8 Å². The standard InChI is InChI=1S/C14H17N3O/c1-8(2)11(7-15)14(16)9-3-4-12-10(5-9)6-13(18)17-12/h3-5,8,11,14H,6,16H2,1-2H3,(H,17,18). The van der Waals surface area contributed by atoms with Gasteiger partial charge in [-0.2, -0.15) is 5.26 Å². The van der Waals surface area contributed by atoms with Crippen LogP contribution in [0.1, 0.15) is 31.0 Å². The summed E-state index contributed by atoms with van der Waals surface area (Å²) in [6, 6.07) is 7.65. The van der Waals surface area contributed by atoms with Gasteiger partial charge in [0.15, 0.2) is 0 Å². The van der Waals surface area contributed by atoms with Crippen LogP contribution in [0.3, 0.4) is 0 Å². The van der Waals surface area contributed by atoms with E-state index in [1.807, 2.05) is 32.0 Å². The minimum absolute atomic E-state index is 0.0106. The molecule has 2 unspecified atom stereocenters. The Hall–Kier alpha value is -1.86. The summed E-state index contributed by atoms with van der Waals surface area (Å²) in [5.41, 5.74) is 8.90. The van der Waals surface area contributed by atoms with Crippen molar-refractivity contribution < 1.29 is 4.79 Å². The minimum Gasteiger partial charge on any atom is -0.326 e. The Morgan fingerprint density at radius 1 is 1.44 bits per heavy atom. The van der Waals surface area contributed by atoms with Crippen LogP contribution < -0.4 is 11.1 Å². The maximum atomic E-state index is 11.3. The molecule has 0 bridgehead atoms. The Kier molecular flexibility index (Phi) is 3.35. The van der Waals surface area contributed by atoms with E-state index >= 15 is 0 Å². The molecular weight excluding hydrogens is 226 g/mol. The Bertz CT molecular complexity index is 516. The summed E-state index contributed by atoms with van der Waals surface area (Å²) in [6.07, 6.45) is 0.398. The second kappa shape index (κ2) is 4.79. The highest BCUT2D eigenvalue weighted by molar-refractivity contribution is 5.99. The summed E-state index contributed by atoms with van der Waals surface area (Å²) >= 11 is 0. The molecule has 3 N–H and O–H groups in total. The molecule has 94 valence electrons. The lowest BCUT2D eigenvalue weighted by atomic mass is 9.85. The maximum Gasteiger partial charge on any atom is 0.228 e. The van der Waals surface area contributed by atoms with Crippen LogP contribution in [0.4, 0.5) is 5.69 Å². The Morgan fingerprint density at radius 3 is 2.78 bits per heavy atom. The molecule has 1 aromatic carbocycles. The zero-order valence-electron chi connectivity index (χ0n) is 10.6. The fourth-order valence-corrected chi connectivity index (χ4v) is 2.31. The first-order valence-corrected chi connectivity index (χ1v) is 6.10. The lowest BCUT2D eigenvalue weighted by molar-refractivity contribution is -0.115. The topological polar surface area (TPSA) is 78.9 Å². The molecule has 18 heavy (non-hydrogen) atoms. The molecule has 2 atom stereocenters. The summed E-state index contributed by atoms with van der Waals surface area (Å²) in [4.78, 5) is 11.3. The first-order chi connectivity index (χ1) is 8.52. The third-order valence-electron chi connectivity index (χ3n) is 3.39. The van der Waals surface area contributed by atoms with Crippen LogP contribution in [0.2, 0.25) is 0 Å². The highest BCUT2D eigenvalue weighted by atomic mass is 16.1. The molecule has 1 aliphatic rings. The van der Waals surface area contributed by atoms with E-state index in [4.69, 9.17) is 11.0 Å². The number of carbonyl (C=O) groups is 1. The van der Waals surface area contributed by atoms with Gasteiger partial charge in [-0.3, -0.25) is 4.79 Å². The van der Waals surface area contributed by atoms with Gasteiger partial charge >= 0.3 is 0 Å². The van der Waals surface area contributed by atoms with Crippen molar-refractivity contribution in [3.63, 3.8) is 0 Å². The van der Waals surface area contributed by atoms with Crippen molar-refractivity contribution in [3.05, 3.63) is 29.3 Å². The molecule has 0 spiro atoms. The van der Waals surface area contributed by atoms with Gasteiger partial charge in [0.1, 0.15) is 0 Å². The average molecular weight is 243 g/mol. The van der Waals surface area contributed by atoms with Crippen LogP contribution in [0.5, 0.6) is 0 Å². The largest absolute Gasteiger partial charge is 0.326 e. The number of hydrogen-bond donors (Lipinski definition) is 2. The molecule has 2 rings (SSSR count). The summed E-state index contributed by atoms with van der Waals surface area (Å²) in [7, 11) is 0. The number of anilines is 1. The van der Waals surface area contributed by atoms with Crippen LogP contribution in [-0.2, 0) is 11.2 Å². The van der Waals surface area contributed by atoms with Crippen molar-refractivity contribution in [2.75, 3.05) is 5.32 Å². The number of carbonyl (C=O) groups excluding carboxylic acids is 1. The number of nitrogens with zero attached hydrogens (tertiary/aromatic N) is 1. The van der Waals surface area contributed by atoms with E-state index in [1.54, 1.807) is 0 Å². The predicted octanol–water partition coefficient (Wildman–Crippen LogP) is 1.98. The SMILES string of the molecule is CC(C)C(C#N)C(N)c1ccc2c(c1)CC(=O)N2. The minimum atomic E-state index is -0.309. The molecule has 1 aliphatic heterocycles. The molecule has 4 nitrogen and oxygen atoms in total. The van der Waals surface area contributed by atoms with Crippen molar-refractivity contribution in [1.29, 1.82) is 5.26 Å². The van der Waals surface area contributed by atoms with E-state index in [9.17, 15) is 4.79 Å². The first-order valence-electron chi connectivity index (χ1n) is 6.10. The number of rotatable bonds is 3. The van der Waals surface area contributed by atoms with Crippen molar-refractivity contribution in [2.45, 2.75) is 26.3 Å². The molecule has 1 aromatic rings. The van der Waals surface area contributed by atoms with Gasteiger partial charge in [0.05, 0.1) is 18.4 Å². The Labute approximate surface area is 107 Å². The van der Waals surface area contributed by atoms with Crippen molar-refractivity contribution in [2.24, 2.45) is 17.6 Å². The molecule has 0 saturated heterocycles. The molecule has 4 heteroatoms. The lowest BCUT2D eigenvalue weighted by Gasteiger charge is -2.21. The fourth-order valence-electron chi connectivity index (χ4n) is 2.31. The Balaban J connectivity index is 2.28. The lowest BCUT2D eigenvalue weighted by Crippen LogP contribution is -2.24. The van der Waals surface area contributed by atoms with Crippen molar-refractivity contribution in [1.82, 2.24) is 0 Å². The van der Waals surface area contributed by atoms with E-state index in [1.165, 1.54) is 0 Å². The van der Waals surface area contributed by atoms with Crippen molar-refractivity contribution in [3.8, 4) is 6.07 Å². The number of fused-ring (bicyclic) bond motifs is 1. The van der Waals surface area contributed by atoms with Crippen LogP contribution >= 0.6 is 0 Å². The number of hydrogen-bond acceptors (Lipinski definition) is 3.